The lowest BCUT2D eigenvalue weighted by Crippen LogP contribution is -2.16. The standard InChI is InChI=1S/C11H9N5O/c12-8-2-1-7-6-15-16(9(7)5-8)10-11(17)14-4-3-13-10/h1-6H,12H2,(H,14,17). The van der Waals surface area contributed by atoms with Gasteiger partial charge in [-0.2, -0.15) is 5.10 Å². The topological polar surface area (TPSA) is 89.6 Å². The minimum Gasteiger partial charge on any atom is -0.399 e. The van der Waals surface area contributed by atoms with Crippen LogP contribution in [0.4, 0.5) is 5.69 Å². The largest absolute Gasteiger partial charge is 0.399 e. The molecule has 0 fully saturated rings. The average molecular weight is 227 g/mol. The molecule has 0 amide bonds. The molecule has 2 aromatic heterocycles. The van der Waals surface area contributed by atoms with E-state index in [1.165, 1.54) is 17.1 Å². The third-order valence-corrected chi connectivity index (χ3v) is 2.48. The Bertz CT molecular complexity index is 743. The quantitative estimate of drug-likeness (QED) is 0.598. The number of nitrogens with two attached hydrogens (primary N) is 1. The summed E-state index contributed by atoms with van der Waals surface area (Å²) in [7, 11) is 0. The Kier molecular flexibility index (Phi) is 1.94. The number of H-pyrrole nitrogens is 1. The van der Waals surface area contributed by atoms with Crippen molar-refractivity contribution in [3.63, 3.8) is 0 Å². The third kappa shape index (κ3) is 1.46. The minimum absolute atomic E-state index is 0.230. The van der Waals surface area contributed by atoms with Crippen LogP contribution in [0.15, 0.2) is 41.6 Å². The van der Waals surface area contributed by atoms with Crippen LogP contribution in [-0.2, 0) is 0 Å². The molecule has 6 nitrogen and oxygen atoms in total. The van der Waals surface area contributed by atoms with E-state index in [0.717, 1.165) is 10.9 Å². The summed E-state index contributed by atoms with van der Waals surface area (Å²) in [5.74, 6) is 0.230. The van der Waals surface area contributed by atoms with Gasteiger partial charge in [-0.25, -0.2) is 9.67 Å². The highest BCUT2D eigenvalue weighted by atomic mass is 16.1. The van der Waals surface area contributed by atoms with Crippen LogP contribution in [0.3, 0.4) is 0 Å². The van der Waals surface area contributed by atoms with Crippen LogP contribution in [0.25, 0.3) is 16.7 Å². The maximum Gasteiger partial charge on any atom is 0.293 e. The molecule has 0 saturated heterocycles. The van der Waals surface area contributed by atoms with E-state index in [1.54, 1.807) is 18.3 Å². The molecular formula is C11H9N5O. The molecule has 3 aromatic rings. The van der Waals surface area contributed by atoms with Crippen molar-refractivity contribution in [2.24, 2.45) is 0 Å². The summed E-state index contributed by atoms with van der Waals surface area (Å²) in [5, 5.41) is 5.05. The van der Waals surface area contributed by atoms with Gasteiger partial charge >= 0.3 is 0 Å². The van der Waals surface area contributed by atoms with Gasteiger partial charge in [0.15, 0.2) is 0 Å². The van der Waals surface area contributed by atoms with Crippen molar-refractivity contribution in [2.45, 2.75) is 0 Å². The minimum atomic E-state index is -0.292. The summed E-state index contributed by atoms with van der Waals surface area (Å²) >= 11 is 0. The Hall–Kier alpha value is -2.63. The van der Waals surface area contributed by atoms with Gasteiger partial charge in [0, 0.05) is 23.5 Å². The molecule has 0 aliphatic heterocycles. The van der Waals surface area contributed by atoms with Crippen LogP contribution in [0.1, 0.15) is 0 Å². The summed E-state index contributed by atoms with van der Waals surface area (Å²) in [6, 6.07) is 5.40. The maximum atomic E-state index is 11.6. The lowest BCUT2D eigenvalue weighted by Gasteiger charge is -2.01. The van der Waals surface area contributed by atoms with Crippen molar-refractivity contribution >= 4 is 16.6 Å². The fourth-order valence-electron chi connectivity index (χ4n) is 1.70. The third-order valence-electron chi connectivity index (χ3n) is 2.48. The molecule has 6 heteroatoms. The Labute approximate surface area is 95.7 Å². The molecule has 1 aromatic carbocycles. The highest BCUT2D eigenvalue weighted by Crippen LogP contribution is 2.18. The molecule has 2 heterocycles. The van der Waals surface area contributed by atoms with E-state index in [1.807, 2.05) is 6.07 Å². The second-order valence-electron chi connectivity index (χ2n) is 3.62. The van der Waals surface area contributed by atoms with Gasteiger partial charge in [0.25, 0.3) is 5.56 Å². The zero-order chi connectivity index (χ0) is 11.8. The molecule has 0 atom stereocenters. The fourth-order valence-corrected chi connectivity index (χ4v) is 1.70. The molecule has 0 aliphatic carbocycles. The van der Waals surface area contributed by atoms with Crippen molar-refractivity contribution in [1.82, 2.24) is 19.7 Å². The number of nitrogens with zero attached hydrogens (tertiary/aromatic N) is 3. The molecule has 84 valence electrons. The highest BCUT2D eigenvalue weighted by molar-refractivity contribution is 5.82. The van der Waals surface area contributed by atoms with Crippen molar-refractivity contribution in [3.8, 4) is 5.82 Å². The van der Waals surface area contributed by atoms with Gasteiger partial charge in [-0.1, -0.05) is 0 Å². The van der Waals surface area contributed by atoms with Gasteiger partial charge in [0.1, 0.15) is 0 Å². The fraction of sp³-hybridized carbons (Fsp3) is 0. The Morgan fingerprint density at radius 2 is 2.24 bits per heavy atom. The smallest absolute Gasteiger partial charge is 0.293 e. The first-order chi connectivity index (χ1) is 8.25. The van der Waals surface area contributed by atoms with Gasteiger partial charge in [-0.3, -0.25) is 4.79 Å². The van der Waals surface area contributed by atoms with Crippen LogP contribution in [0.2, 0.25) is 0 Å². The first-order valence-corrected chi connectivity index (χ1v) is 5.03. The van der Waals surface area contributed by atoms with E-state index in [4.69, 9.17) is 5.73 Å². The number of fused-ring (bicyclic) bond motifs is 1. The Morgan fingerprint density at radius 3 is 3.06 bits per heavy atom. The average Bonchev–Trinajstić information content (AvgIpc) is 2.72. The molecule has 3 N–H and O–H groups in total. The van der Waals surface area contributed by atoms with E-state index in [-0.39, 0.29) is 11.4 Å². The molecule has 0 radical (unpaired) electrons. The SMILES string of the molecule is Nc1ccc2cnn(-c3ncc[nH]c3=O)c2c1. The number of nitrogens with one attached hydrogen (secondary N) is 1. The predicted molar refractivity (Wildman–Crippen MR) is 63.9 cm³/mol. The number of benzene rings is 1. The molecule has 0 bridgehead atoms. The van der Waals surface area contributed by atoms with Crippen molar-refractivity contribution in [1.29, 1.82) is 0 Å². The normalized spacial score (nSPS) is 10.8. The summed E-state index contributed by atoms with van der Waals surface area (Å²) < 4.78 is 1.48. The molecule has 0 unspecified atom stereocenters. The van der Waals surface area contributed by atoms with E-state index in [0.29, 0.717) is 5.69 Å². The number of aromatic nitrogens is 4. The summed E-state index contributed by atoms with van der Waals surface area (Å²) in [4.78, 5) is 18.2. The summed E-state index contributed by atoms with van der Waals surface area (Å²) in [6.45, 7) is 0. The maximum absolute atomic E-state index is 11.6. The van der Waals surface area contributed by atoms with Crippen LogP contribution in [-0.4, -0.2) is 19.7 Å². The molecule has 0 saturated carbocycles. The first kappa shape index (κ1) is 9.59. The van der Waals surface area contributed by atoms with Gasteiger partial charge in [-0.05, 0) is 18.2 Å². The lowest BCUT2D eigenvalue weighted by molar-refractivity contribution is 0.850. The predicted octanol–water partition coefficient (Wildman–Crippen LogP) is 0.691. The molecular weight excluding hydrogens is 218 g/mol. The molecule has 0 spiro atoms. The van der Waals surface area contributed by atoms with Crippen molar-refractivity contribution in [3.05, 3.63) is 47.1 Å². The molecule has 3 rings (SSSR count). The monoisotopic (exact) mass is 227 g/mol. The van der Waals surface area contributed by atoms with E-state index >= 15 is 0 Å². The van der Waals surface area contributed by atoms with Gasteiger partial charge in [0.05, 0.1) is 11.7 Å². The number of nitrogen functional groups attached to an aromatic ring is 1. The second-order valence-corrected chi connectivity index (χ2v) is 3.62. The van der Waals surface area contributed by atoms with Crippen LogP contribution in [0.5, 0.6) is 0 Å². The Morgan fingerprint density at radius 1 is 1.35 bits per heavy atom. The van der Waals surface area contributed by atoms with Crippen LogP contribution < -0.4 is 11.3 Å². The van der Waals surface area contributed by atoms with Crippen molar-refractivity contribution < 1.29 is 0 Å². The zero-order valence-electron chi connectivity index (χ0n) is 8.79. The van der Waals surface area contributed by atoms with E-state index in [9.17, 15) is 4.79 Å². The first-order valence-electron chi connectivity index (χ1n) is 5.03. The molecule has 17 heavy (non-hydrogen) atoms. The van der Waals surface area contributed by atoms with E-state index in [2.05, 4.69) is 15.1 Å². The molecule has 0 aliphatic rings. The highest BCUT2D eigenvalue weighted by Gasteiger charge is 2.09. The van der Waals surface area contributed by atoms with E-state index < -0.39 is 0 Å². The van der Waals surface area contributed by atoms with Crippen molar-refractivity contribution in [2.75, 3.05) is 5.73 Å². The van der Waals surface area contributed by atoms with Crippen LogP contribution in [0, 0.1) is 0 Å². The van der Waals surface area contributed by atoms with Crippen LogP contribution >= 0.6 is 0 Å². The lowest BCUT2D eigenvalue weighted by atomic mass is 10.2. The second kappa shape index (κ2) is 3.44. The number of hydrogen-bond acceptors (Lipinski definition) is 4. The zero-order valence-corrected chi connectivity index (χ0v) is 8.79. The summed E-state index contributed by atoms with van der Waals surface area (Å²) in [5.41, 5.74) is 6.80. The number of rotatable bonds is 1. The number of hydrogen-bond donors (Lipinski definition) is 2. The van der Waals surface area contributed by atoms with Gasteiger partial charge in [-0.15, -0.1) is 0 Å². The number of anilines is 1. The van der Waals surface area contributed by atoms with Gasteiger partial charge in [0.2, 0.25) is 5.82 Å². The van der Waals surface area contributed by atoms with Gasteiger partial charge < -0.3 is 10.7 Å². The summed E-state index contributed by atoms with van der Waals surface area (Å²) in [6.07, 6.45) is 4.66. The Balaban J connectivity index is 2.35. The number of aromatic amines is 1.